The van der Waals surface area contributed by atoms with Crippen molar-refractivity contribution in [3.05, 3.63) is 89.0 Å². The Hall–Kier alpha value is -3.40. The molecular weight excluding hydrogens is 338 g/mol. The van der Waals surface area contributed by atoms with Crippen LogP contribution < -0.4 is 9.47 Å². The van der Waals surface area contributed by atoms with Crippen molar-refractivity contribution in [1.29, 1.82) is 5.41 Å². The number of hydrogen-bond acceptors (Lipinski definition) is 4. The van der Waals surface area contributed by atoms with Crippen LogP contribution in [0.5, 0.6) is 17.2 Å². The second-order valence-corrected chi connectivity index (χ2v) is 6.25. The average molecular weight is 359 g/mol. The standard InChI is InChI=1S/C23H21NO3/c1-16-7-6-8-17(2)23(16)26-15-18-13-20(11-12-21(18)22(25)14-24)27-19-9-4-3-5-10-19/h3-14,24H,15H2,1-2H3. The zero-order chi connectivity index (χ0) is 19.2. The maximum absolute atomic E-state index is 12.1. The second-order valence-electron chi connectivity index (χ2n) is 6.25. The molecule has 0 bridgehead atoms. The largest absolute Gasteiger partial charge is 0.488 e. The first-order valence-corrected chi connectivity index (χ1v) is 8.68. The molecule has 0 radical (unpaired) electrons. The summed E-state index contributed by atoms with van der Waals surface area (Å²) in [4.78, 5) is 12.1. The van der Waals surface area contributed by atoms with Crippen LogP contribution in [0.25, 0.3) is 0 Å². The summed E-state index contributed by atoms with van der Waals surface area (Å²) < 4.78 is 11.9. The lowest BCUT2D eigenvalue weighted by molar-refractivity contribution is 0.106. The molecule has 0 saturated carbocycles. The minimum Gasteiger partial charge on any atom is -0.488 e. The minimum absolute atomic E-state index is 0.215. The topological polar surface area (TPSA) is 59.4 Å². The van der Waals surface area contributed by atoms with Crippen LogP contribution >= 0.6 is 0 Å². The molecule has 0 spiro atoms. The number of carbonyl (C=O) groups is 1. The Labute approximate surface area is 158 Å². The first-order chi connectivity index (χ1) is 13.1. The van der Waals surface area contributed by atoms with Crippen LogP contribution in [0.15, 0.2) is 66.7 Å². The number of hydrogen-bond donors (Lipinski definition) is 1. The number of para-hydroxylation sites is 2. The average Bonchev–Trinajstić information content (AvgIpc) is 2.68. The van der Waals surface area contributed by atoms with Crippen LogP contribution in [-0.2, 0) is 6.61 Å². The van der Waals surface area contributed by atoms with Crippen molar-refractivity contribution in [2.75, 3.05) is 0 Å². The lowest BCUT2D eigenvalue weighted by Gasteiger charge is -2.15. The third kappa shape index (κ3) is 4.42. The fraction of sp³-hybridized carbons (Fsp3) is 0.130. The van der Waals surface area contributed by atoms with E-state index in [0.717, 1.165) is 23.1 Å². The lowest BCUT2D eigenvalue weighted by Crippen LogP contribution is -2.08. The molecule has 3 aromatic rings. The van der Waals surface area contributed by atoms with E-state index in [-0.39, 0.29) is 12.4 Å². The van der Waals surface area contributed by atoms with Crippen molar-refractivity contribution >= 4 is 12.0 Å². The highest BCUT2D eigenvalue weighted by Crippen LogP contribution is 2.27. The SMILES string of the molecule is Cc1cccc(C)c1OCc1cc(Oc2ccccc2)ccc1C(=O)C=N. The predicted molar refractivity (Wildman–Crippen MR) is 106 cm³/mol. The van der Waals surface area contributed by atoms with Gasteiger partial charge in [-0.05, 0) is 55.3 Å². The lowest BCUT2D eigenvalue weighted by atomic mass is 10.0. The molecule has 0 unspecified atom stereocenters. The van der Waals surface area contributed by atoms with E-state index >= 15 is 0 Å². The van der Waals surface area contributed by atoms with Gasteiger partial charge in [0.1, 0.15) is 23.9 Å². The second kappa shape index (κ2) is 8.32. The molecule has 4 nitrogen and oxygen atoms in total. The van der Waals surface area contributed by atoms with Gasteiger partial charge in [0.25, 0.3) is 0 Å². The Morgan fingerprint density at radius 3 is 2.30 bits per heavy atom. The first kappa shape index (κ1) is 18.4. The summed E-state index contributed by atoms with van der Waals surface area (Å²) in [5.41, 5.74) is 3.19. The zero-order valence-corrected chi connectivity index (χ0v) is 15.4. The van der Waals surface area contributed by atoms with E-state index in [0.29, 0.717) is 22.6 Å². The van der Waals surface area contributed by atoms with Crippen LogP contribution in [0.3, 0.4) is 0 Å². The summed E-state index contributed by atoms with van der Waals surface area (Å²) in [5.74, 6) is 1.77. The van der Waals surface area contributed by atoms with Gasteiger partial charge >= 0.3 is 0 Å². The Bertz CT molecular complexity index is 944. The van der Waals surface area contributed by atoms with Gasteiger partial charge in [-0.25, -0.2) is 0 Å². The normalized spacial score (nSPS) is 10.3. The summed E-state index contributed by atoms with van der Waals surface area (Å²) in [7, 11) is 0. The smallest absolute Gasteiger partial charge is 0.203 e. The molecular formula is C23H21NO3. The molecule has 0 aliphatic rings. The highest BCUT2D eigenvalue weighted by Gasteiger charge is 2.13. The van der Waals surface area contributed by atoms with E-state index in [1.807, 2.05) is 62.4 Å². The summed E-state index contributed by atoms with van der Waals surface area (Å²) in [5, 5.41) is 7.29. The van der Waals surface area contributed by atoms with Crippen LogP contribution in [0, 0.1) is 19.3 Å². The first-order valence-electron chi connectivity index (χ1n) is 8.68. The molecule has 0 atom stereocenters. The van der Waals surface area contributed by atoms with Crippen LogP contribution in [0.4, 0.5) is 0 Å². The summed E-state index contributed by atoms with van der Waals surface area (Å²) in [6.45, 7) is 4.19. The van der Waals surface area contributed by atoms with Crippen LogP contribution in [0.2, 0.25) is 0 Å². The van der Waals surface area contributed by atoms with Gasteiger partial charge in [-0.15, -0.1) is 0 Å². The maximum Gasteiger partial charge on any atom is 0.203 e. The highest BCUT2D eigenvalue weighted by molar-refractivity contribution is 6.34. The molecule has 0 aliphatic heterocycles. The molecule has 3 aromatic carbocycles. The van der Waals surface area contributed by atoms with E-state index in [4.69, 9.17) is 14.9 Å². The van der Waals surface area contributed by atoms with E-state index in [1.54, 1.807) is 18.2 Å². The molecule has 0 heterocycles. The molecule has 27 heavy (non-hydrogen) atoms. The van der Waals surface area contributed by atoms with Gasteiger partial charge in [0.15, 0.2) is 0 Å². The summed E-state index contributed by atoms with van der Waals surface area (Å²) >= 11 is 0. The molecule has 0 amide bonds. The third-order valence-electron chi connectivity index (χ3n) is 4.23. The van der Waals surface area contributed by atoms with Crippen molar-refractivity contribution in [1.82, 2.24) is 0 Å². The van der Waals surface area contributed by atoms with Crippen molar-refractivity contribution in [3.63, 3.8) is 0 Å². The highest BCUT2D eigenvalue weighted by atomic mass is 16.5. The molecule has 136 valence electrons. The molecule has 3 rings (SSSR count). The maximum atomic E-state index is 12.1. The summed E-state index contributed by atoms with van der Waals surface area (Å²) in [6, 6.07) is 20.6. The Morgan fingerprint density at radius 2 is 1.63 bits per heavy atom. The van der Waals surface area contributed by atoms with Gasteiger partial charge in [-0.2, -0.15) is 0 Å². The third-order valence-corrected chi connectivity index (χ3v) is 4.23. The Balaban J connectivity index is 1.89. The number of ketones is 1. The van der Waals surface area contributed by atoms with E-state index in [2.05, 4.69) is 0 Å². The number of aryl methyl sites for hydroxylation is 2. The van der Waals surface area contributed by atoms with Crippen molar-refractivity contribution in [2.45, 2.75) is 20.5 Å². The quantitative estimate of drug-likeness (QED) is 0.447. The van der Waals surface area contributed by atoms with E-state index in [1.165, 1.54) is 0 Å². The summed E-state index contributed by atoms with van der Waals surface area (Å²) in [6.07, 6.45) is 0.815. The number of nitrogens with one attached hydrogen (secondary N) is 1. The number of Topliss-reactive ketones (excluding diaryl/α,β-unsaturated/α-hetero) is 1. The number of ether oxygens (including phenoxy) is 2. The van der Waals surface area contributed by atoms with Gasteiger partial charge in [-0.3, -0.25) is 4.79 Å². The van der Waals surface area contributed by atoms with Crippen LogP contribution in [0.1, 0.15) is 27.0 Å². The number of rotatable bonds is 7. The Morgan fingerprint density at radius 1 is 0.926 bits per heavy atom. The molecule has 0 aliphatic carbocycles. The molecule has 4 heteroatoms. The van der Waals surface area contributed by atoms with Gasteiger partial charge in [-0.1, -0.05) is 36.4 Å². The van der Waals surface area contributed by atoms with Crippen molar-refractivity contribution in [3.8, 4) is 17.2 Å². The van der Waals surface area contributed by atoms with Gasteiger partial charge < -0.3 is 14.9 Å². The predicted octanol–water partition coefficient (Wildman–Crippen LogP) is 5.51. The van der Waals surface area contributed by atoms with Gasteiger partial charge in [0.2, 0.25) is 5.78 Å². The molecule has 0 saturated heterocycles. The van der Waals surface area contributed by atoms with Crippen molar-refractivity contribution in [2.24, 2.45) is 0 Å². The van der Waals surface area contributed by atoms with Gasteiger partial charge in [0, 0.05) is 11.1 Å². The Kier molecular flexibility index (Phi) is 5.67. The zero-order valence-electron chi connectivity index (χ0n) is 15.4. The van der Waals surface area contributed by atoms with Crippen LogP contribution in [-0.4, -0.2) is 12.0 Å². The molecule has 0 aromatic heterocycles. The molecule has 1 N–H and O–H groups in total. The monoisotopic (exact) mass is 359 g/mol. The van der Waals surface area contributed by atoms with Gasteiger partial charge in [0.05, 0.1) is 6.21 Å². The van der Waals surface area contributed by atoms with E-state index < -0.39 is 0 Å². The number of carbonyl (C=O) groups excluding carboxylic acids is 1. The number of benzene rings is 3. The fourth-order valence-corrected chi connectivity index (χ4v) is 2.87. The minimum atomic E-state index is -0.360. The molecule has 0 fully saturated rings. The van der Waals surface area contributed by atoms with E-state index in [9.17, 15) is 4.79 Å². The fourth-order valence-electron chi connectivity index (χ4n) is 2.87. The van der Waals surface area contributed by atoms with Crippen molar-refractivity contribution < 1.29 is 14.3 Å².